The van der Waals surface area contributed by atoms with Crippen molar-refractivity contribution in [3.8, 4) is 0 Å². The summed E-state index contributed by atoms with van der Waals surface area (Å²) in [6.45, 7) is 19.3. The Balaban J connectivity index is 2.13. The first-order chi connectivity index (χ1) is 15.6. The summed E-state index contributed by atoms with van der Waals surface area (Å²) in [5.74, 6) is 0.527. The first-order valence-corrected chi connectivity index (χ1v) is 12.9. The Morgan fingerprint density at radius 1 is 1.09 bits per heavy atom. The van der Waals surface area contributed by atoms with Crippen LogP contribution in [0.2, 0.25) is 0 Å². The van der Waals surface area contributed by atoms with Crippen molar-refractivity contribution in [3.05, 3.63) is 48.0 Å². The molecule has 190 valence electrons. The zero-order valence-corrected chi connectivity index (χ0v) is 23.0. The average Bonchev–Trinajstić information content (AvgIpc) is 2.64. The second-order valence-electron chi connectivity index (χ2n) is 13.0. The van der Waals surface area contributed by atoms with Gasteiger partial charge in [0.15, 0.2) is 0 Å². The lowest BCUT2D eigenvalue weighted by Crippen LogP contribution is -2.55. The molecular weight excluding hydrogens is 420 g/mol. The maximum Gasteiger partial charge on any atom is 0.237 e. The largest absolute Gasteiger partial charge is 0.350 e. The molecule has 0 saturated carbocycles. The molecule has 0 heterocycles. The fourth-order valence-electron chi connectivity index (χ4n) is 5.96. The average molecular weight is 469 g/mol. The van der Waals surface area contributed by atoms with Gasteiger partial charge in [-0.2, -0.15) is 0 Å². The number of benzene rings is 1. The van der Waals surface area contributed by atoms with Crippen molar-refractivity contribution >= 4 is 11.7 Å². The molecule has 1 aromatic carbocycles. The molecule has 2 N–H and O–H groups in total. The normalized spacial score (nSPS) is 22.1. The summed E-state index contributed by atoms with van der Waals surface area (Å²) in [7, 11) is 0. The van der Waals surface area contributed by atoms with E-state index in [0.29, 0.717) is 12.8 Å². The third-order valence-electron chi connectivity index (χ3n) is 6.82. The van der Waals surface area contributed by atoms with E-state index < -0.39 is 6.04 Å². The third kappa shape index (κ3) is 8.69. The Hall–Kier alpha value is -1.94. The molecule has 4 unspecified atom stereocenters. The van der Waals surface area contributed by atoms with Crippen LogP contribution in [-0.4, -0.2) is 29.3 Å². The molecule has 0 aliphatic heterocycles. The smallest absolute Gasteiger partial charge is 0.237 e. The predicted molar refractivity (Wildman–Crippen MR) is 143 cm³/mol. The topological polar surface area (TPSA) is 58.2 Å². The maximum atomic E-state index is 13.5. The summed E-state index contributed by atoms with van der Waals surface area (Å²) in [6, 6.07) is 9.60. The van der Waals surface area contributed by atoms with Crippen molar-refractivity contribution in [2.24, 2.45) is 22.7 Å². The number of hydrogen-bond acceptors (Lipinski definition) is 3. The summed E-state index contributed by atoms with van der Waals surface area (Å²) >= 11 is 0. The van der Waals surface area contributed by atoms with Gasteiger partial charge in [-0.25, -0.2) is 0 Å². The quantitative estimate of drug-likeness (QED) is 0.408. The van der Waals surface area contributed by atoms with E-state index in [4.69, 9.17) is 0 Å². The number of amides is 1. The Labute approximate surface area is 208 Å². The lowest BCUT2D eigenvalue weighted by molar-refractivity contribution is -0.129. The molecule has 4 atom stereocenters. The fourth-order valence-corrected chi connectivity index (χ4v) is 5.96. The number of carbonyl (C=O) groups is 2. The molecule has 4 nitrogen and oxygen atoms in total. The van der Waals surface area contributed by atoms with Gasteiger partial charge >= 0.3 is 0 Å². The number of nitrogens with one attached hydrogen (secondary N) is 2. The second kappa shape index (κ2) is 11.2. The van der Waals surface area contributed by atoms with Gasteiger partial charge in [0, 0.05) is 23.9 Å². The number of allylic oxidation sites excluding steroid dienone is 2. The summed E-state index contributed by atoms with van der Waals surface area (Å²) in [5.41, 5.74) is 0.854. The van der Waals surface area contributed by atoms with E-state index >= 15 is 0 Å². The maximum absolute atomic E-state index is 13.5. The molecule has 1 aliphatic rings. The Bertz CT molecular complexity index is 848. The van der Waals surface area contributed by atoms with E-state index in [1.54, 1.807) is 0 Å². The molecule has 0 spiro atoms. The van der Waals surface area contributed by atoms with Crippen molar-refractivity contribution in [1.82, 2.24) is 10.6 Å². The summed E-state index contributed by atoms with van der Waals surface area (Å²) in [6.07, 6.45) is 7.20. The fraction of sp³-hybridized carbons (Fsp3) is 0.667. The summed E-state index contributed by atoms with van der Waals surface area (Å²) in [5, 5.41) is 6.79. The Morgan fingerprint density at radius 3 is 2.26 bits per heavy atom. The van der Waals surface area contributed by atoms with E-state index in [-0.39, 0.29) is 45.9 Å². The van der Waals surface area contributed by atoms with E-state index in [1.807, 2.05) is 25.1 Å². The van der Waals surface area contributed by atoms with E-state index in [9.17, 15) is 9.59 Å². The first kappa shape index (κ1) is 28.3. The van der Waals surface area contributed by atoms with Crippen molar-refractivity contribution in [3.63, 3.8) is 0 Å². The van der Waals surface area contributed by atoms with Crippen molar-refractivity contribution < 1.29 is 9.59 Å². The second-order valence-corrected chi connectivity index (χ2v) is 13.0. The van der Waals surface area contributed by atoms with Gasteiger partial charge in [0.2, 0.25) is 5.91 Å². The highest BCUT2D eigenvalue weighted by atomic mass is 16.2. The van der Waals surface area contributed by atoms with Gasteiger partial charge in [-0.15, -0.1) is 0 Å². The van der Waals surface area contributed by atoms with Crippen LogP contribution in [0.15, 0.2) is 42.5 Å². The van der Waals surface area contributed by atoms with Crippen LogP contribution in [0.25, 0.3) is 0 Å². The van der Waals surface area contributed by atoms with Crippen LogP contribution in [0.5, 0.6) is 0 Å². The van der Waals surface area contributed by atoms with Crippen LogP contribution in [0.3, 0.4) is 0 Å². The molecule has 1 aromatic rings. The van der Waals surface area contributed by atoms with Crippen molar-refractivity contribution in [1.29, 1.82) is 0 Å². The van der Waals surface area contributed by atoms with E-state index in [2.05, 4.69) is 90.3 Å². The number of carbonyl (C=O) groups excluding carboxylic acids is 2. The first-order valence-electron chi connectivity index (χ1n) is 12.9. The zero-order valence-electron chi connectivity index (χ0n) is 23.0. The summed E-state index contributed by atoms with van der Waals surface area (Å²) < 4.78 is 0. The van der Waals surface area contributed by atoms with Crippen LogP contribution in [0, 0.1) is 22.7 Å². The van der Waals surface area contributed by atoms with E-state index in [1.165, 1.54) is 0 Å². The number of Topliss-reactive ketones (excluding diaryl/α,β-unsaturated/α-hetero) is 1. The highest BCUT2D eigenvalue weighted by Gasteiger charge is 2.40. The highest BCUT2D eigenvalue weighted by Crippen LogP contribution is 2.41. The zero-order chi connectivity index (χ0) is 25.7. The minimum atomic E-state index is -0.402. The van der Waals surface area contributed by atoms with Crippen molar-refractivity contribution in [2.45, 2.75) is 106 Å². The van der Waals surface area contributed by atoms with Crippen LogP contribution < -0.4 is 10.6 Å². The minimum absolute atomic E-state index is 0.00769. The molecule has 0 bridgehead atoms. The summed E-state index contributed by atoms with van der Waals surface area (Å²) in [4.78, 5) is 26.8. The highest BCUT2D eigenvalue weighted by molar-refractivity contribution is 5.84. The standard InChI is InChI=1S/C30H48N2O2/c1-21-14-13-17-29(6,7)26(21)25(33)18-22(2)31-24(19-23-15-11-10-12-16-23)27(34)32-30(8,9)20-28(3,4)5/h10-16,21-22,24,26,31H,17-20H2,1-9H3,(H,32,34). The lowest BCUT2D eigenvalue weighted by Gasteiger charge is -2.39. The molecule has 4 heteroatoms. The van der Waals surface area contributed by atoms with Crippen molar-refractivity contribution in [2.75, 3.05) is 0 Å². The molecule has 1 aliphatic carbocycles. The molecule has 34 heavy (non-hydrogen) atoms. The SMILES string of the molecule is CC(CC(=O)C1C(C)C=CCC1(C)C)NC(Cc1ccccc1)C(=O)NC(C)(C)CC(C)(C)C. The molecule has 1 amide bonds. The van der Waals surface area contributed by atoms with E-state index in [0.717, 1.165) is 18.4 Å². The lowest BCUT2D eigenvalue weighted by atomic mass is 9.64. The van der Waals surface area contributed by atoms with Gasteiger partial charge in [0.25, 0.3) is 0 Å². The Kier molecular flexibility index (Phi) is 9.32. The Morgan fingerprint density at radius 2 is 1.71 bits per heavy atom. The van der Waals surface area contributed by atoms with Crippen LogP contribution in [0.4, 0.5) is 0 Å². The van der Waals surface area contributed by atoms with Crippen LogP contribution in [-0.2, 0) is 16.0 Å². The molecule has 0 fully saturated rings. The molecule has 0 radical (unpaired) electrons. The van der Waals surface area contributed by atoms with Crippen LogP contribution >= 0.6 is 0 Å². The molecule has 0 saturated heterocycles. The predicted octanol–water partition coefficient (Wildman–Crippen LogP) is 6.10. The van der Waals surface area contributed by atoms with Gasteiger partial charge < -0.3 is 10.6 Å². The number of rotatable bonds is 10. The molecule has 0 aromatic heterocycles. The van der Waals surface area contributed by atoms with Gasteiger partial charge in [0.1, 0.15) is 5.78 Å². The van der Waals surface area contributed by atoms with Gasteiger partial charge in [0.05, 0.1) is 6.04 Å². The van der Waals surface area contributed by atoms with Gasteiger partial charge in [-0.1, -0.05) is 84.0 Å². The van der Waals surface area contributed by atoms with Gasteiger partial charge in [-0.3, -0.25) is 9.59 Å². The number of hydrogen-bond donors (Lipinski definition) is 2. The third-order valence-corrected chi connectivity index (χ3v) is 6.82. The van der Waals surface area contributed by atoms with Gasteiger partial charge in [-0.05, 0) is 62.3 Å². The molecule has 2 rings (SSSR count). The monoisotopic (exact) mass is 468 g/mol. The number of ketones is 1. The minimum Gasteiger partial charge on any atom is -0.350 e. The molecular formula is C30H48N2O2. The van der Waals surface area contributed by atoms with Crippen LogP contribution in [0.1, 0.15) is 87.1 Å².